The lowest BCUT2D eigenvalue weighted by Crippen LogP contribution is -2.40. The molecule has 0 unspecified atom stereocenters. The Kier molecular flexibility index (Phi) is 4.70. The number of aromatic nitrogens is 2. The van der Waals surface area contributed by atoms with Gasteiger partial charge in [0.05, 0.1) is 6.61 Å². The van der Waals surface area contributed by atoms with Crippen LogP contribution in [-0.2, 0) is 4.74 Å². The van der Waals surface area contributed by atoms with Gasteiger partial charge in [0, 0.05) is 26.6 Å². The molecule has 2 heterocycles. The van der Waals surface area contributed by atoms with Crippen LogP contribution in [-0.4, -0.2) is 47.9 Å². The molecule has 0 bridgehead atoms. The second-order valence-corrected chi connectivity index (χ2v) is 5.50. The van der Waals surface area contributed by atoms with E-state index < -0.39 is 0 Å². The molecule has 1 aliphatic rings. The van der Waals surface area contributed by atoms with Crippen molar-refractivity contribution >= 4 is 0 Å². The van der Waals surface area contributed by atoms with Crippen molar-refractivity contribution in [2.24, 2.45) is 0 Å². The Hall–Kier alpha value is -1.92. The van der Waals surface area contributed by atoms with Crippen LogP contribution in [0.5, 0.6) is 5.75 Å². The van der Waals surface area contributed by atoms with E-state index in [0.29, 0.717) is 24.9 Å². The quantitative estimate of drug-likeness (QED) is 0.843. The number of hydrogen-bond donors (Lipinski definition) is 0. The maximum Gasteiger partial charge on any atom is 0.223 e. The molecule has 1 aromatic heterocycles. The van der Waals surface area contributed by atoms with E-state index in [1.165, 1.54) is 5.56 Å². The lowest BCUT2D eigenvalue weighted by molar-refractivity contribution is -0.0379. The van der Waals surface area contributed by atoms with Gasteiger partial charge in [0.25, 0.3) is 0 Å². The first kappa shape index (κ1) is 15.0. The Morgan fingerprint density at radius 2 is 2.27 bits per heavy atom. The number of nitrogens with zero attached hydrogens (tertiary/aromatic N) is 3. The molecule has 2 aromatic rings. The minimum absolute atomic E-state index is 0.120. The number of benzene rings is 1. The molecule has 3 rings (SSSR count). The molecule has 1 saturated heterocycles. The zero-order valence-electron chi connectivity index (χ0n) is 13.0. The lowest BCUT2D eigenvalue weighted by Gasteiger charge is -2.31. The second kappa shape index (κ2) is 6.89. The maximum absolute atomic E-state index is 5.80. The molecule has 0 saturated carbocycles. The molecule has 0 aliphatic carbocycles. The fourth-order valence-electron chi connectivity index (χ4n) is 2.51. The van der Waals surface area contributed by atoms with Crippen LogP contribution in [0.15, 0.2) is 28.8 Å². The molecule has 118 valence electrons. The first-order valence-corrected chi connectivity index (χ1v) is 7.54. The minimum atomic E-state index is -0.120. The van der Waals surface area contributed by atoms with Gasteiger partial charge in [-0.25, -0.2) is 0 Å². The number of rotatable bonds is 5. The van der Waals surface area contributed by atoms with Crippen LogP contribution in [0.25, 0.3) is 0 Å². The predicted molar refractivity (Wildman–Crippen MR) is 80.8 cm³/mol. The van der Waals surface area contributed by atoms with E-state index in [1.807, 2.05) is 18.2 Å². The molecule has 1 aromatic carbocycles. The summed E-state index contributed by atoms with van der Waals surface area (Å²) in [6.07, 6.45) is -0.120. The maximum atomic E-state index is 5.80. The minimum Gasteiger partial charge on any atom is -0.492 e. The molecule has 6 heteroatoms. The van der Waals surface area contributed by atoms with Crippen LogP contribution >= 0.6 is 0 Å². The van der Waals surface area contributed by atoms with Crippen LogP contribution in [0.2, 0.25) is 0 Å². The highest BCUT2D eigenvalue weighted by Gasteiger charge is 2.25. The Morgan fingerprint density at radius 1 is 1.36 bits per heavy atom. The zero-order chi connectivity index (χ0) is 15.4. The van der Waals surface area contributed by atoms with E-state index in [-0.39, 0.29) is 6.10 Å². The third-order valence-corrected chi connectivity index (χ3v) is 3.65. The summed E-state index contributed by atoms with van der Waals surface area (Å²) in [5, 5.41) is 3.94. The first-order valence-electron chi connectivity index (χ1n) is 7.54. The standard InChI is InChI=1S/C16H21N3O3/c1-12-4-3-5-14(10-12)20-8-6-19-7-9-21-15(11-19)16-17-13(2)22-18-16/h3-5,10,15H,6-9,11H2,1-2H3/t15-/m1/s1. The van der Waals surface area contributed by atoms with E-state index in [4.69, 9.17) is 14.0 Å². The summed E-state index contributed by atoms with van der Waals surface area (Å²) in [6.45, 7) is 7.68. The Balaban J connectivity index is 1.48. The van der Waals surface area contributed by atoms with Gasteiger partial charge in [-0.3, -0.25) is 4.90 Å². The van der Waals surface area contributed by atoms with Gasteiger partial charge in [0.2, 0.25) is 11.7 Å². The highest BCUT2D eigenvalue weighted by molar-refractivity contribution is 5.27. The molecule has 0 N–H and O–H groups in total. The van der Waals surface area contributed by atoms with Crippen molar-refractivity contribution in [2.75, 3.05) is 32.8 Å². The highest BCUT2D eigenvalue weighted by atomic mass is 16.5. The second-order valence-electron chi connectivity index (χ2n) is 5.50. The fraction of sp³-hybridized carbons (Fsp3) is 0.500. The molecule has 22 heavy (non-hydrogen) atoms. The van der Waals surface area contributed by atoms with Crippen LogP contribution in [0.1, 0.15) is 23.4 Å². The van der Waals surface area contributed by atoms with Crippen LogP contribution in [0, 0.1) is 13.8 Å². The van der Waals surface area contributed by atoms with E-state index in [1.54, 1.807) is 6.92 Å². The van der Waals surface area contributed by atoms with Crippen LogP contribution in [0.4, 0.5) is 0 Å². The molecule has 6 nitrogen and oxygen atoms in total. The summed E-state index contributed by atoms with van der Waals surface area (Å²) >= 11 is 0. The van der Waals surface area contributed by atoms with Crippen molar-refractivity contribution in [2.45, 2.75) is 20.0 Å². The van der Waals surface area contributed by atoms with Crippen molar-refractivity contribution in [3.05, 3.63) is 41.5 Å². The monoisotopic (exact) mass is 303 g/mol. The topological polar surface area (TPSA) is 60.6 Å². The van der Waals surface area contributed by atoms with E-state index in [9.17, 15) is 0 Å². The molecular weight excluding hydrogens is 282 g/mol. The van der Waals surface area contributed by atoms with Crippen molar-refractivity contribution < 1.29 is 14.0 Å². The molecule has 1 aliphatic heterocycles. The SMILES string of the molecule is Cc1cccc(OCCN2CCO[C@@H](c3noc(C)n3)C2)c1. The van der Waals surface area contributed by atoms with Crippen molar-refractivity contribution in [1.29, 1.82) is 0 Å². The van der Waals surface area contributed by atoms with Gasteiger partial charge in [-0.2, -0.15) is 4.98 Å². The smallest absolute Gasteiger partial charge is 0.223 e. The van der Waals surface area contributed by atoms with E-state index >= 15 is 0 Å². The summed E-state index contributed by atoms with van der Waals surface area (Å²) in [4.78, 5) is 6.55. The van der Waals surface area contributed by atoms with E-state index in [0.717, 1.165) is 25.4 Å². The van der Waals surface area contributed by atoms with Gasteiger partial charge in [-0.05, 0) is 24.6 Å². The third kappa shape index (κ3) is 3.84. The molecule has 0 spiro atoms. The number of hydrogen-bond acceptors (Lipinski definition) is 6. The Labute approximate surface area is 130 Å². The summed E-state index contributed by atoms with van der Waals surface area (Å²) in [7, 11) is 0. The van der Waals surface area contributed by atoms with Gasteiger partial charge in [0.1, 0.15) is 18.5 Å². The zero-order valence-corrected chi connectivity index (χ0v) is 13.0. The van der Waals surface area contributed by atoms with Gasteiger partial charge in [-0.1, -0.05) is 17.3 Å². The van der Waals surface area contributed by atoms with Gasteiger partial charge >= 0.3 is 0 Å². The first-order chi connectivity index (χ1) is 10.7. The molecule has 1 atom stereocenters. The Bertz CT molecular complexity index is 614. The third-order valence-electron chi connectivity index (χ3n) is 3.65. The van der Waals surface area contributed by atoms with Gasteiger partial charge < -0.3 is 14.0 Å². The lowest BCUT2D eigenvalue weighted by atomic mass is 10.2. The number of ether oxygens (including phenoxy) is 2. The normalized spacial score (nSPS) is 19.3. The molecule has 0 amide bonds. The summed E-state index contributed by atoms with van der Waals surface area (Å²) in [5.41, 5.74) is 1.21. The Morgan fingerprint density at radius 3 is 3.05 bits per heavy atom. The molecular formula is C16H21N3O3. The summed E-state index contributed by atoms with van der Waals surface area (Å²) in [5.74, 6) is 2.11. The molecule has 1 fully saturated rings. The number of aryl methyl sites for hydroxylation is 2. The highest BCUT2D eigenvalue weighted by Crippen LogP contribution is 2.19. The fourth-order valence-corrected chi connectivity index (χ4v) is 2.51. The van der Waals surface area contributed by atoms with Crippen molar-refractivity contribution in [1.82, 2.24) is 15.0 Å². The predicted octanol–water partition coefficient (Wildman–Crippen LogP) is 2.14. The van der Waals surface area contributed by atoms with Crippen molar-refractivity contribution in [3.63, 3.8) is 0 Å². The molecule has 0 radical (unpaired) electrons. The average molecular weight is 303 g/mol. The van der Waals surface area contributed by atoms with Crippen LogP contribution in [0.3, 0.4) is 0 Å². The van der Waals surface area contributed by atoms with Crippen LogP contribution < -0.4 is 4.74 Å². The van der Waals surface area contributed by atoms with Gasteiger partial charge in [-0.15, -0.1) is 0 Å². The summed E-state index contributed by atoms with van der Waals surface area (Å²) in [6, 6.07) is 8.10. The van der Waals surface area contributed by atoms with Gasteiger partial charge in [0.15, 0.2) is 0 Å². The largest absolute Gasteiger partial charge is 0.492 e. The summed E-state index contributed by atoms with van der Waals surface area (Å²) < 4.78 is 16.5. The number of morpholine rings is 1. The van der Waals surface area contributed by atoms with E-state index in [2.05, 4.69) is 28.0 Å². The average Bonchev–Trinajstić information content (AvgIpc) is 2.94. The van der Waals surface area contributed by atoms with Crippen molar-refractivity contribution in [3.8, 4) is 5.75 Å².